The Morgan fingerprint density at radius 3 is 2.40 bits per heavy atom. The topological polar surface area (TPSA) is 35.9 Å². The number of hydrogen-bond donors (Lipinski definition) is 1. The predicted molar refractivity (Wildman–Crippen MR) is 99.6 cm³/mol. The average molecular weight is 344 g/mol. The predicted octanol–water partition coefficient (Wildman–Crippen LogP) is 2.96. The molecule has 138 valence electrons. The van der Waals surface area contributed by atoms with Crippen molar-refractivity contribution in [3.63, 3.8) is 0 Å². The van der Waals surface area contributed by atoms with Crippen molar-refractivity contribution >= 4 is 0 Å². The van der Waals surface area contributed by atoms with Crippen molar-refractivity contribution in [2.45, 2.75) is 32.2 Å². The van der Waals surface area contributed by atoms with Gasteiger partial charge in [-0.05, 0) is 67.8 Å². The smallest absolute Gasteiger partial charge is 0.115 e. The summed E-state index contributed by atoms with van der Waals surface area (Å²) in [6.45, 7) is 9.16. The molecule has 1 aliphatic carbocycles. The number of phenols is 1. The van der Waals surface area contributed by atoms with Crippen LogP contribution in [0, 0.1) is 17.8 Å². The summed E-state index contributed by atoms with van der Waals surface area (Å²) in [6, 6.07) is 7.63. The van der Waals surface area contributed by atoms with Gasteiger partial charge in [0.2, 0.25) is 0 Å². The van der Waals surface area contributed by atoms with Gasteiger partial charge in [0.1, 0.15) is 5.75 Å². The highest BCUT2D eigenvalue weighted by Gasteiger charge is 2.55. The lowest BCUT2D eigenvalue weighted by Gasteiger charge is -2.26. The summed E-state index contributed by atoms with van der Waals surface area (Å²) in [6.07, 6.45) is 5.37. The summed E-state index contributed by atoms with van der Waals surface area (Å²) in [5, 5.41) is 9.37. The monoisotopic (exact) mass is 344 g/mol. The number of piperidine rings is 2. The summed E-state index contributed by atoms with van der Waals surface area (Å²) < 4.78 is 5.98. The number of benzene rings is 1. The molecule has 0 spiro atoms. The largest absolute Gasteiger partial charge is 0.508 e. The van der Waals surface area contributed by atoms with Gasteiger partial charge in [-0.25, -0.2) is 0 Å². The van der Waals surface area contributed by atoms with Crippen LogP contribution in [-0.4, -0.2) is 60.8 Å². The third kappa shape index (κ3) is 4.55. The lowest BCUT2D eigenvalue weighted by atomic mass is 10.1. The molecule has 2 aliphatic heterocycles. The van der Waals surface area contributed by atoms with Gasteiger partial charge < -0.3 is 14.7 Å². The molecule has 1 saturated carbocycles. The number of hydrogen-bond acceptors (Lipinski definition) is 4. The molecule has 4 rings (SSSR count). The molecule has 4 heteroatoms. The Bertz CT molecular complexity index is 529. The van der Waals surface area contributed by atoms with Crippen LogP contribution in [0.4, 0.5) is 0 Å². The van der Waals surface area contributed by atoms with Gasteiger partial charge in [-0.1, -0.05) is 18.6 Å². The van der Waals surface area contributed by atoms with Crippen LogP contribution in [0.15, 0.2) is 24.3 Å². The Morgan fingerprint density at radius 1 is 0.960 bits per heavy atom. The quantitative estimate of drug-likeness (QED) is 0.736. The van der Waals surface area contributed by atoms with E-state index in [0.29, 0.717) is 5.75 Å². The summed E-state index contributed by atoms with van der Waals surface area (Å²) in [7, 11) is 0. The number of phenolic OH excluding ortho intramolecular Hbond substituents is 1. The number of likely N-dealkylation sites (tertiary alicyclic amines) is 2. The minimum atomic E-state index is 0.352. The van der Waals surface area contributed by atoms with E-state index in [1.54, 1.807) is 12.1 Å². The second kappa shape index (κ2) is 8.07. The zero-order valence-corrected chi connectivity index (χ0v) is 15.3. The highest BCUT2D eigenvalue weighted by atomic mass is 16.5. The molecule has 0 unspecified atom stereocenters. The van der Waals surface area contributed by atoms with E-state index in [2.05, 4.69) is 9.80 Å². The van der Waals surface area contributed by atoms with Gasteiger partial charge in [0.05, 0.1) is 6.61 Å². The lowest BCUT2D eigenvalue weighted by Crippen LogP contribution is -2.31. The summed E-state index contributed by atoms with van der Waals surface area (Å²) in [4.78, 5) is 5.15. The minimum absolute atomic E-state index is 0.352. The van der Waals surface area contributed by atoms with Gasteiger partial charge in [0.15, 0.2) is 0 Å². The third-order valence-corrected chi connectivity index (χ3v) is 6.31. The first kappa shape index (κ1) is 17.3. The van der Waals surface area contributed by atoms with Crippen LogP contribution >= 0.6 is 0 Å². The van der Waals surface area contributed by atoms with Crippen LogP contribution in [-0.2, 0) is 11.3 Å². The number of nitrogens with zero attached hydrogens (tertiary/aromatic N) is 2. The van der Waals surface area contributed by atoms with Gasteiger partial charge in [-0.15, -0.1) is 0 Å². The first-order valence-electron chi connectivity index (χ1n) is 10.1. The Morgan fingerprint density at radius 2 is 1.68 bits per heavy atom. The van der Waals surface area contributed by atoms with E-state index in [1.807, 2.05) is 12.1 Å². The fourth-order valence-electron chi connectivity index (χ4n) is 4.77. The molecular formula is C21H32N2O2. The van der Waals surface area contributed by atoms with Crippen molar-refractivity contribution < 1.29 is 9.84 Å². The maximum atomic E-state index is 9.37. The van der Waals surface area contributed by atoms with Crippen LogP contribution < -0.4 is 0 Å². The zero-order valence-electron chi connectivity index (χ0n) is 15.3. The van der Waals surface area contributed by atoms with Gasteiger partial charge in [-0.3, -0.25) is 4.90 Å². The first-order chi connectivity index (χ1) is 12.3. The molecule has 0 bridgehead atoms. The normalized spacial score (nSPS) is 29.7. The van der Waals surface area contributed by atoms with Crippen molar-refractivity contribution in [1.82, 2.24) is 9.80 Å². The molecular weight excluding hydrogens is 312 g/mol. The summed E-state index contributed by atoms with van der Waals surface area (Å²) in [5.41, 5.74) is 1.30. The molecule has 2 heterocycles. The number of aromatic hydroxyl groups is 1. The van der Waals surface area contributed by atoms with E-state index >= 15 is 0 Å². The Labute approximate surface area is 151 Å². The maximum absolute atomic E-state index is 9.37. The van der Waals surface area contributed by atoms with E-state index in [0.717, 1.165) is 37.5 Å². The molecule has 3 aliphatic rings. The molecule has 0 radical (unpaired) electrons. The van der Waals surface area contributed by atoms with E-state index in [9.17, 15) is 5.11 Å². The Hall–Kier alpha value is -1.10. The first-order valence-corrected chi connectivity index (χ1v) is 10.1. The van der Waals surface area contributed by atoms with Crippen LogP contribution in [0.1, 0.15) is 31.2 Å². The molecule has 25 heavy (non-hydrogen) atoms. The fourth-order valence-corrected chi connectivity index (χ4v) is 4.77. The van der Waals surface area contributed by atoms with E-state index in [1.165, 1.54) is 64.0 Å². The second-order valence-electron chi connectivity index (χ2n) is 8.18. The highest BCUT2D eigenvalue weighted by molar-refractivity contribution is 5.26. The van der Waals surface area contributed by atoms with E-state index < -0.39 is 0 Å². The highest BCUT2D eigenvalue weighted by Crippen LogP contribution is 2.52. The summed E-state index contributed by atoms with van der Waals surface area (Å²) >= 11 is 0. The van der Waals surface area contributed by atoms with Gasteiger partial charge in [0.25, 0.3) is 0 Å². The molecule has 3 fully saturated rings. The van der Waals surface area contributed by atoms with Crippen molar-refractivity contribution in [3.8, 4) is 5.75 Å². The average Bonchev–Trinajstić information content (AvgIpc) is 3.09. The standard InChI is InChI=1S/C21H32N2O2/c24-18-7-5-17(6-8-18)13-23-14-19-20(15-23)21(19)16-25-12-4-11-22-9-2-1-3-10-22/h5-8,19-21,24H,1-4,9-16H2/t19-,20+,21-. The molecule has 4 nitrogen and oxygen atoms in total. The van der Waals surface area contributed by atoms with Crippen molar-refractivity contribution in [3.05, 3.63) is 29.8 Å². The Balaban J connectivity index is 1.07. The second-order valence-corrected chi connectivity index (χ2v) is 8.18. The Kier molecular flexibility index (Phi) is 5.59. The van der Waals surface area contributed by atoms with E-state index in [-0.39, 0.29) is 0 Å². The van der Waals surface area contributed by atoms with Crippen LogP contribution in [0.25, 0.3) is 0 Å². The minimum Gasteiger partial charge on any atom is -0.508 e. The summed E-state index contributed by atoms with van der Waals surface area (Å²) in [5.74, 6) is 2.88. The molecule has 1 aromatic carbocycles. The zero-order chi connectivity index (χ0) is 17.1. The SMILES string of the molecule is Oc1ccc(CN2C[C@@H]3[C@H](COCCCN4CCCCC4)[C@@H]3C2)cc1. The van der Waals surface area contributed by atoms with Crippen LogP contribution in [0.3, 0.4) is 0 Å². The van der Waals surface area contributed by atoms with Crippen LogP contribution in [0.5, 0.6) is 5.75 Å². The van der Waals surface area contributed by atoms with Gasteiger partial charge in [0, 0.05) is 32.8 Å². The molecule has 0 amide bonds. The molecule has 0 aromatic heterocycles. The number of rotatable bonds is 8. The molecule has 1 N–H and O–H groups in total. The molecule has 3 atom stereocenters. The number of fused-ring (bicyclic) bond motifs is 1. The molecule has 1 aromatic rings. The van der Waals surface area contributed by atoms with Gasteiger partial charge >= 0.3 is 0 Å². The molecule has 2 saturated heterocycles. The maximum Gasteiger partial charge on any atom is 0.115 e. The van der Waals surface area contributed by atoms with Crippen LogP contribution in [0.2, 0.25) is 0 Å². The van der Waals surface area contributed by atoms with Crippen molar-refractivity contribution in [2.24, 2.45) is 17.8 Å². The third-order valence-electron chi connectivity index (χ3n) is 6.31. The van der Waals surface area contributed by atoms with Crippen molar-refractivity contribution in [2.75, 3.05) is 45.9 Å². The lowest BCUT2D eigenvalue weighted by molar-refractivity contribution is 0.0967. The van der Waals surface area contributed by atoms with Crippen molar-refractivity contribution in [1.29, 1.82) is 0 Å². The number of ether oxygens (including phenoxy) is 1. The van der Waals surface area contributed by atoms with Gasteiger partial charge in [-0.2, -0.15) is 0 Å². The fraction of sp³-hybridized carbons (Fsp3) is 0.714. The van der Waals surface area contributed by atoms with E-state index in [4.69, 9.17) is 4.74 Å².